The number of ether oxygens (including phenoxy) is 1. The van der Waals surface area contributed by atoms with Crippen LogP contribution in [0.5, 0.6) is 0 Å². The highest BCUT2D eigenvalue weighted by molar-refractivity contribution is 6.31. The minimum atomic E-state index is -0.531. The maximum atomic E-state index is 12.2. The molecule has 0 aliphatic heterocycles. The Balaban J connectivity index is 1.58. The molecule has 0 radical (unpaired) electrons. The van der Waals surface area contributed by atoms with E-state index >= 15 is 0 Å². The lowest BCUT2D eigenvalue weighted by Gasteiger charge is -2.15. The molecule has 26 heavy (non-hydrogen) atoms. The van der Waals surface area contributed by atoms with Crippen molar-refractivity contribution < 1.29 is 14.3 Å². The molecule has 0 aliphatic rings. The van der Waals surface area contributed by atoms with Gasteiger partial charge in [-0.3, -0.25) is 4.79 Å². The van der Waals surface area contributed by atoms with Crippen molar-refractivity contribution in [3.63, 3.8) is 0 Å². The summed E-state index contributed by atoms with van der Waals surface area (Å²) in [5.74, 6) is -0.914. The molecule has 3 aromatic rings. The summed E-state index contributed by atoms with van der Waals surface area (Å²) < 4.78 is 5.12. The van der Waals surface area contributed by atoms with Crippen LogP contribution in [0.25, 0.3) is 10.8 Å². The van der Waals surface area contributed by atoms with E-state index in [-0.39, 0.29) is 18.6 Å². The number of halogens is 1. The van der Waals surface area contributed by atoms with Crippen molar-refractivity contribution in [2.75, 3.05) is 6.61 Å². The zero-order valence-corrected chi connectivity index (χ0v) is 15.0. The Kier molecular flexibility index (Phi) is 5.54. The zero-order valence-electron chi connectivity index (χ0n) is 14.2. The fraction of sp³-hybridized carbons (Fsp3) is 0.143. The number of esters is 1. The van der Waals surface area contributed by atoms with Gasteiger partial charge in [-0.05, 0) is 41.5 Å². The van der Waals surface area contributed by atoms with Gasteiger partial charge in [0, 0.05) is 5.02 Å². The van der Waals surface area contributed by atoms with Gasteiger partial charge in [-0.1, -0.05) is 60.1 Å². The van der Waals surface area contributed by atoms with E-state index in [9.17, 15) is 9.59 Å². The van der Waals surface area contributed by atoms with Crippen molar-refractivity contribution in [1.29, 1.82) is 0 Å². The normalized spacial score (nSPS) is 11.8. The van der Waals surface area contributed by atoms with Gasteiger partial charge in [0.05, 0.1) is 11.6 Å². The molecule has 132 valence electrons. The number of fused-ring (bicyclic) bond motifs is 1. The summed E-state index contributed by atoms with van der Waals surface area (Å²) in [6.45, 7) is 1.48. The largest absolute Gasteiger partial charge is 0.452 e. The number of carbonyl (C=O) groups excluding carboxylic acids is 2. The first-order valence-electron chi connectivity index (χ1n) is 8.24. The summed E-state index contributed by atoms with van der Waals surface area (Å²) in [5.41, 5.74) is 1.22. The van der Waals surface area contributed by atoms with E-state index in [4.69, 9.17) is 16.3 Å². The second kappa shape index (κ2) is 8.02. The molecule has 0 fully saturated rings. The number of hydrogen-bond donors (Lipinski definition) is 1. The highest BCUT2D eigenvalue weighted by Gasteiger charge is 2.15. The van der Waals surface area contributed by atoms with Gasteiger partial charge in [-0.2, -0.15) is 0 Å². The lowest BCUT2D eigenvalue weighted by molar-refractivity contribution is -0.124. The maximum Gasteiger partial charge on any atom is 0.338 e. The molecule has 0 aliphatic carbocycles. The molecule has 4 nitrogen and oxygen atoms in total. The quantitative estimate of drug-likeness (QED) is 0.674. The van der Waals surface area contributed by atoms with Gasteiger partial charge in [-0.15, -0.1) is 0 Å². The molecule has 5 heteroatoms. The third-order valence-electron chi connectivity index (χ3n) is 4.07. The number of amides is 1. The fourth-order valence-corrected chi connectivity index (χ4v) is 3.02. The van der Waals surface area contributed by atoms with Crippen molar-refractivity contribution in [1.82, 2.24) is 5.32 Å². The molecule has 1 amide bonds. The van der Waals surface area contributed by atoms with Crippen LogP contribution in [-0.2, 0) is 9.53 Å². The smallest absolute Gasteiger partial charge is 0.338 e. The topological polar surface area (TPSA) is 55.4 Å². The van der Waals surface area contributed by atoms with Gasteiger partial charge in [0.2, 0.25) is 0 Å². The van der Waals surface area contributed by atoms with E-state index in [1.807, 2.05) is 55.5 Å². The second-order valence-corrected chi connectivity index (χ2v) is 6.36. The standard InChI is InChI=1S/C21H18ClNO3/c1-14(18-8-4-5-9-19(18)22)23-20(24)13-26-21(25)17-11-10-15-6-2-3-7-16(15)12-17/h2-12,14H,13H2,1H3,(H,23,24)/t14-/m0/s1. The van der Waals surface area contributed by atoms with E-state index in [2.05, 4.69) is 5.32 Å². The molecular formula is C21H18ClNO3. The van der Waals surface area contributed by atoms with Crippen LogP contribution < -0.4 is 5.32 Å². The van der Waals surface area contributed by atoms with Crippen molar-refractivity contribution in [3.8, 4) is 0 Å². The summed E-state index contributed by atoms with van der Waals surface area (Å²) in [5, 5.41) is 5.33. The Hall–Kier alpha value is -2.85. The molecule has 0 unspecified atom stereocenters. The molecule has 0 bridgehead atoms. The maximum absolute atomic E-state index is 12.2. The van der Waals surface area contributed by atoms with Crippen molar-refractivity contribution in [2.24, 2.45) is 0 Å². The lowest BCUT2D eigenvalue weighted by Crippen LogP contribution is -2.31. The molecule has 0 heterocycles. The van der Waals surface area contributed by atoms with Gasteiger partial charge in [0.1, 0.15) is 0 Å². The van der Waals surface area contributed by atoms with Gasteiger partial charge in [0.25, 0.3) is 5.91 Å². The molecule has 1 N–H and O–H groups in total. The van der Waals surface area contributed by atoms with Gasteiger partial charge in [0.15, 0.2) is 6.61 Å². The highest BCUT2D eigenvalue weighted by Crippen LogP contribution is 2.22. The number of benzene rings is 3. The molecule has 0 saturated carbocycles. The van der Waals surface area contributed by atoms with Crippen LogP contribution in [0.1, 0.15) is 28.9 Å². The van der Waals surface area contributed by atoms with Crippen LogP contribution in [0.2, 0.25) is 5.02 Å². The molecule has 1 atom stereocenters. The second-order valence-electron chi connectivity index (χ2n) is 5.95. The van der Waals surface area contributed by atoms with Gasteiger partial charge < -0.3 is 10.1 Å². The fourth-order valence-electron chi connectivity index (χ4n) is 2.72. The Morgan fingerprint density at radius 2 is 1.69 bits per heavy atom. The van der Waals surface area contributed by atoms with Crippen molar-refractivity contribution in [3.05, 3.63) is 82.9 Å². The summed E-state index contributed by atoms with van der Waals surface area (Å²) in [6.07, 6.45) is 0. The minimum Gasteiger partial charge on any atom is -0.452 e. The summed E-state index contributed by atoms with van der Waals surface area (Å²) in [7, 11) is 0. The molecule has 0 saturated heterocycles. The predicted molar refractivity (Wildman–Crippen MR) is 102 cm³/mol. The molecule has 0 aromatic heterocycles. The molecule has 3 rings (SSSR count). The zero-order chi connectivity index (χ0) is 18.5. The minimum absolute atomic E-state index is 0.282. The first kappa shape index (κ1) is 18.0. The van der Waals surface area contributed by atoms with Crippen LogP contribution in [0.15, 0.2) is 66.7 Å². The van der Waals surface area contributed by atoms with Crippen LogP contribution in [-0.4, -0.2) is 18.5 Å². The number of rotatable bonds is 5. The van der Waals surface area contributed by atoms with E-state index in [1.54, 1.807) is 18.2 Å². The Labute approximate surface area is 156 Å². The van der Waals surface area contributed by atoms with E-state index < -0.39 is 5.97 Å². The predicted octanol–water partition coefficient (Wildman–Crippen LogP) is 4.53. The Morgan fingerprint density at radius 1 is 1.00 bits per heavy atom. The van der Waals surface area contributed by atoms with Crippen LogP contribution >= 0.6 is 11.6 Å². The van der Waals surface area contributed by atoms with Gasteiger partial charge >= 0.3 is 5.97 Å². The average molecular weight is 368 g/mol. The monoisotopic (exact) mass is 367 g/mol. The van der Waals surface area contributed by atoms with Crippen molar-refractivity contribution >= 4 is 34.2 Å². The summed E-state index contributed by atoms with van der Waals surface area (Å²) >= 11 is 6.12. The number of nitrogens with one attached hydrogen (secondary N) is 1. The average Bonchev–Trinajstić information content (AvgIpc) is 2.66. The van der Waals surface area contributed by atoms with E-state index in [1.165, 1.54) is 0 Å². The number of carbonyl (C=O) groups is 2. The molecular weight excluding hydrogens is 350 g/mol. The van der Waals surface area contributed by atoms with E-state index in [0.717, 1.165) is 16.3 Å². The first-order chi connectivity index (χ1) is 12.5. The Morgan fingerprint density at radius 3 is 2.46 bits per heavy atom. The van der Waals surface area contributed by atoms with Gasteiger partial charge in [-0.25, -0.2) is 4.79 Å². The SMILES string of the molecule is C[C@H](NC(=O)COC(=O)c1ccc2ccccc2c1)c1ccccc1Cl. The molecule has 0 spiro atoms. The van der Waals surface area contributed by atoms with Crippen molar-refractivity contribution in [2.45, 2.75) is 13.0 Å². The number of hydrogen-bond acceptors (Lipinski definition) is 3. The summed E-state index contributed by atoms with van der Waals surface area (Å²) in [6, 6.07) is 20.0. The Bertz CT molecular complexity index is 955. The third kappa shape index (κ3) is 4.21. The van der Waals surface area contributed by atoms with Crippen LogP contribution in [0.3, 0.4) is 0 Å². The molecule has 3 aromatic carbocycles. The van der Waals surface area contributed by atoms with E-state index in [0.29, 0.717) is 10.6 Å². The lowest BCUT2D eigenvalue weighted by atomic mass is 10.1. The summed E-state index contributed by atoms with van der Waals surface area (Å²) in [4.78, 5) is 24.2. The first-order valence-corrected chi connectivity index (χ1v) is 8.62. The highest BCUT2D eigenvalue weighted by atomic mass is 35.5. The third-order valence-corrected chi connectivity index (χ3v) is 4.41. The van der Waals surface area contributed by atoms with Crippen LogP contribution in [0.4, 0.5) is 0 Å². The van der Waals surface area contributed by atoms with Crippen LogP contribution in [0, 0.1) is 0 Å².